The maximum Gasteiger partial charge on any atom is 0.270 e. The molecule has 2 aromatic rings. The summed E-state index contributed by atoms with van der Waals surface area (Å²) in [5.74, 6) is -0.990. The van der Waals surface area contributed by atoms with E-state index in [2.05, 4.69) is 5.16 Å². The van der Waals surface area contributed by atoms with Crippen LogP contribution in [0.4, 0.5) is 0 Å². The van der Waals surface area contributed by atoms with E-state index < -0.39 is 21.7 Å². The lowest BCUT2D eigenvalue weighted by molar-refractivity contribution is 0.0979. The lowest BCUT2D eigenvalue weighted by atomic mass is 10.1. The predicted octanol–water partition coefficient (Wildman–Crippen LogP) is 1.68. The lowest BCUT2D eigenvalue weighted by Gasteiger charge is -2.08. The minimum atomic E-state index is -3.95. The van der Waals surface area contributed by atoms with Crippen molar-refractivity contribution in [1.82, 2.24) is 9.88 Å². The minimum Gasteiger partial charge on any atom is -0.361 e. The third-order valence-corrected chi connectivity index (χ3v) is 4.41. The molecular formula is C15H15N3O4S. The van der Waals surface area contributed by atoms with Gasteiger partial charge in [0.1, 0.15) is 11.3 Å². The van der Waals surface area contributed by atoms with Gasteiger partial charge in [-0.15, -0.1) is 0 Å². The Kier molecular flexibility index (Phi) is 4.81. The molecule has 0 saturated heterocycles. The normalized spacial score (nSPS) is 11.0. The monoisotopic (exact) mass is 333 g/mol. The number of nitrogens with zero attached hydrogens (tertiary/aromatic N) is 2. The van der Waals surface area contributed by atoms with E-state index in [4.69, 9.17) is 9.78 Å². The largest absolute Gasteiger partial charge is 0.361 e. The Labute approximate surface area is 134 Å². The van der Waals surface area contributed by atoms with Gasteiger partial charge in [0.2, 0.25) is 10.0 Å². The van der Waals surface area contributed by atoms with Crippen molar-refractivity contribution in [2.45, 2.75) is 26.0 Å². The number of nitrogens with one attached hydrogen (secondary N) is 1. The number of hydrogen-bond donors (Lipinski definition) is 1. The summed E-state index contributed by atoms with van der Waals surface area (Å²) in [6.45, 7) is 3.32. The number of sulfonamides is 1. The molecule has 0 aliphatic carbocycles. The Hall–Kier alpha value is -2.66. The fourth-order valence-corrected chi connectivity index (χ4v) is 3.26. The van der Waals surface area contributed by atoms with E-state index in [1.165, 1.54) is 12.1 Å². The zero-order chi connectivity index (χ0) is 17.0. The molecule has 0 aliphatic heterocycles. The Morgan fingerprint density at radius 1 is 1.39 bits per heavy atom. The van der Waals surface area contributed by atoms with Crippen molar-refractivity contribution in [1.29, 1.82) is 5.26 Å². The number of amides is 1. The van der Waals surface area contributed by atoms with Crippen molar-refractivity contribution >= 4 is 15.9 Å². The highest BCUT2D eigenvalue weighted by molar-refractivity contribution is 7.89. The van der Waals surface area contributed by atoms with Crippen LogP contribution in [0.15, 0.2) is 28.8 Å². The molecule has 0 atom stereocenters. The van der Waals surface area contributed by atoms with Gasteiger partial charge in [-0.1, -0.05) is 30.3 Å². The molecule has 8 heteroatoms. The van der Waals surface area contributed by atoms with E-state index in [0.29, 0.717) is 17.7 Å². The topological polar surface area (TPSA) is 113 Å². The molecule has 2 rings (SSSR count). The zero-order valence-corrected chi connectivity index (χ0v) is 13.5. The molecule has 1 aromatic carbocycles. The predicted molar refractivity (Wildman–Crippen MR) is 81.9 cm³/mol. The van der Waals surface area contributed by atoms with Gasteiger partial charge in [0.15, 0.2) is 0 Å². The number of aromatic nitrogens is 1. The fourth-order valence-electron chi connectivity index (χ4n) is 2.14. The van der Waals surface area contributed by atoms with Gasteiger partial charge in [-0.05, 0) is 25.0 Å². The molecule has 0 bridgehead atoms. The number of benzene rings is 1. The van der Waals surface area contributed by atoms with Crippen LogP contribution in [-0.4, -0.2) is 19.5 Å². The average Bonchev–Trinajstić information content (AvgIpc) is 2.87. The molecule has 0 fully saturated rings. The minimum absolute atomic E-state index is 0.129. The van der Waals surface area contributed by atoms with Crippen molar-refractivity contribution in [3.05, 3.63) is 52.4 Å². The Morgan fingerprint density at radius 3 is 2.74 bits per heavy atom. The van der Waals surface area contributed by atoms with Crippen LogP contribution < -0.4 is 4.72 Å². The van der Waals surface area contributed by atoms with Crippen molar-refractivity contribution in [3.8, 4) is 6.07 Å². The van der Waals surface area contributed by atoms with E-state index >= 15 is 0 Å². The Bertz CT molecular complexity index is 878. The molecule has 1 heterocycles. The molecule has 0 aliphatic rings. The number of nitriles is 1. The number of carbonyl (C=O) groups excluding carboxylic acids is 1. The lowest BCUT2D eigenvalue weighted by Crippen LogP contribution is -2.32. The first kappa shape index (κ1) is 16.7. The van der Waals surface area contributed by atoms with Gasteiger partial charge in [-0.25, -0.2) is 13.1 Å². The maximum atomic E-state index is 12.2. The summed E-state index contributed by atoms with van der Waals surface area (Å²) in [5.41, 5.74) is 1.10. The number of hydrogen-bond acceptors (Lipinski definition) is 6. The third-order valence-electron chi connectivity index (χ3n) is 3.23. The smallest absolute Gasteiger partial charge is 0.270 e. The molecule has 1 N–H and O–H groups in total. The van der Waals surface area contributed by atoms with Gasteiger partial charge in [0, 0.05) is 0 Å². The van der Waals surface area contributed by atoms with Gasteiger partial charge < -0.3 is 4.52 Å². The summed E-state index contributed by atoms with van der Waals surface area (Å²) < 4.78 is 31.3. The van der Waals surface area contributed by atoms with Gasteiger partial charge in [0.05, 0.1) is 23.1 Å². The van der Waals surface area contributed by atoms with E-state index in [1.54, 1.807) is 26.0 Å². The van der Waals surface area contributed by atoms with Crippen LogP contribution in [0.1, 0.15) is 39.9 Å². The van der Waals surface area contributed by atoms with Crippen LogP contribution >= 0.6 is 0 Å². The second kappa shape index (κ2) is 6.62. The first-order valence-electron chi connectivity index (χ1n) is 6.86. The van der Waals surface area contributed by atoms with Crippen LogP contribution in [-0.2, 0) is 22.2 Å². The van der Waals surface area contributed by atoms with Gasteiger partial charge >= 0.3 is 0 Å². The van der Waals surface area contributed by atoms with Crippen LogP contribution in [0.25, 0.3) is 0 Å². The summed E-state index contributed by atoms with van der Waals surface area (Å²) >= 11 is 0. The third kappa shape index (κ3) is 3.76. The highest BCUT2D eigenvalue weighted by Crippen LogP contribution is 2.15. The second-order valence-electron chi connectivity index (χ2n) is 4.87. The van der Waals surface area contributed by atoms with E-state index in [0.717, 1.165) is 0 Å². The first-order chi connectivity index (χ1) is 10.9. The van der Waals surface area contributed by atoms with Crippen molar-refractivity contribution in [2.75, 3.05) is 0 Å². The molecule has 0 radical (unpaired) electrons. The summed E-state index contributed by atoms with van der Waals surface area (Å²) in [6.07, 6.45) is 0.442. The van der Waals surface area contributed by atoms with Crippen LogP contribution in [0.3, 0.4) is 0 Å². The first-order valence-corrected chi connectivity index (χ1v) is 8.51. The maximum absolute atomic E-state index is 12.2. The average molecular weight is 333 g/mol. The summed E-state index contributed by atoms with van der Waals surface area (Å²) in [7, 11) is -3.95. The van der Waals surface area contributed by atoms with Crippen molar-refractivity contribution < 1.29 is 17.7 Å². The van der Waals surface area contributed by atoms with Crippen LogP contribution in [0.5, 0.6) is 0 Å². The van der Waals surface area contributed by atoms with E-state index in [1.807, 2.05) is 10.8 Å². The van der Waals surface area contributed by atoms with E-state index in [-0.39, 0.29) is 16.9 Å². The van der Waals surface area contributed by atoms with Gasteiger partial charge in [-0.2, -0.15) is 5.26 Å². The van der Waals surface area contributed by atoms with Crippen molar-refractivity contribution in [2.24, 2.45) is 0 Å². The molecule has 0 saturated carbocycles. The highest BCUT2D eigenvalue weighted by Gasteiger charge is 2.24. The summed E-state index contributed by atoms with van der Waals surface area (Å²) in [6, 6.07) is 8.25. The number of carbonyl (C=O) groups is 1. The zero-order valence-electron chi connectivity index (χ0n) is 12.7. The molecule has 1 amide bonds. The summed E-state index contributed by atoms with van der Waals surface area (Å²) in [4.78, 5) is 12.2. The Balaban J connectivity index is 2.23. The molecule has 1 aromatic heterocycles. The van der Waals surface area contributed by atoms with E-state index in [9.17, 15) is 13.2 Å². The van der Waals surface area contributed by atoms with Gasteiger partial charge in [-0.3, -0.25) is 4.79 Å². The van der Waals surface area contributed by atoms with Crippen molar-refractivity contribution in [3.63, 3.8) is 0 Å². The quantitative estimate of drug-likeness (QED) is 0.890. The Morgan fingerprint density at radius 2 is 2.09 bits per heavy atom. The van der Waals surface area contributed by atoms with Crippen LogP contribution in [0, 0.1) is 18.3 Å². The van der Waals surface area contributed by atoms with Crippen LogP contribution in [0.2, 0.25) is 0 Å². The molecule has 7 nitrogen and oxygen atoms in total. The highest BCUT2D eigenvalue weighted by atomic mass is 32.2. The van der Waals surface area contributed by atoms with Gasteiger partial charge in [0.25, 0.3) is 5.91 Å². The number of aryl methyl sites for hydroxylation is 2. The molecule has 0 unspecified atom stereocenters. The fraction of sp³-hybridized carbons (Fsp3) is 0.267. The summed E-state index contributed by atoms with van der Waals surface area (Å²) in [5, 5.41) is 12.7. The number of rotatable bonds is 5. The standard InChI is InChI=1S/C15H15N3O4S/c1-3-13-14(10(2)22-17-13)15(19)18-23(20,21)9-12-7-5-4-6-11(12)8-16/h4-7H,3,9H2,1-2H3,(H,18,19). The molecule has 23 heavy (non-hydrogen) atoms. The molecule has 120 valence electrons. The second-order valence-corrected chi connectivity index (χ2v) is 6.60. The molecular weight excluding hydrogens is 318 g/mol. The SMILES string of the molecule is CCc1noc(C)c1C(=O)NS(=O)(=O)Cc1ccccc1C#N. The molecule has 0 spiro atoms.